The molecule has 0 unspecified atom stereocenters. The van der Waals surface area contributed by atoms with Gasteiger partial charge in [0.15, 0.2) is 0 Å². The number of hydrogen-bond acceptors (Lipinski definition) is 4. The molecule has 3 amide bonds. The Labute approximate surface area is 161 Å². The number of carbonyl (C=O) groups is 3. The average Bonchev–Trinajstić information content (AvgIpc) is 3.06. The van der Waals surface area contributed by atoms with E-state index in [9.17, 15) is 14.4 Å². The maximum atomic E-state index is 12.1. The molecule has 0 radical (unpaired) electrons. The topological polar surface area (TPSA) is 81.8 Å². The summed E-state index contributed by atoms with van der Waals surface area (Å²) in [6, 6.07) is 5.78. The summed E-state index contributed by atoms with van der Waals surface area (Å²) >= 11 is 0. The lowest BCUT2D eigenvalue weighted by atomic mass is 10.1. The number of aryl methyl sites for hydroxylation is 1. The van der Waals surface area contributed by atoms with E-state index in [0.717, 1.165) is 37.3 Å². The fraction of sp³-hybridized carbons (Fsp3) is 0.550. The molecule has 2 N–H and O–H groups in total. The summed E-state index contributed by atoms with van der Waals surface area (Å²) in [5, 5.41) is 5.28. The van der Waals surface area contributed by atoms with Gasteiger partial charge in [0.05, 0.1) is 0 Å². The molecule has 1 aromatic rings. The Morgan fingerprint density at radius 1 is 1.19 bits per heavy atom. The number of nitrogens with zero attached hydrogens (tertiary/aromatic N) is 2. The standard InChI is InChI=1S/C20H30N4O3/c1-4-23(5-2)16-9-10-17(15(3)14-16)22-20(27)19(26)21-11-7-13-24-12-6-8-18(24)25/h9-10,14H,4-8,11-13H2,1-3H3,(H,21,26)(H,22,27). The highest BCUT2D eigenvalue weighted by Gasteiger charge is 2.19. The first kappa shape index (κ1) is 20.7. The zero-order chi connectivity index (χ0) is 19.8. The number of carbonyl (C=O) groups excluding carboxylic acids is 3. The molecule has 2 rings (SSSR count). The van der Waals surface area contributed by atoms with Gasteiger partial charge in [0.25, 0.3) is 0 Å². The fourth-order valence-corrected chi connectivity index (χ4v) is 3.25. The van der Waals surface area contributed by atoms with Crippen LogP contribution in [-0.2, 0) is 14.4 Å². The first-order chi connectivity index (χ1) is 13.0. The first-order valence-electron chi connectivity index (χ1n) is 9.68. The number of hydrogen-bond donors (Lipinski definition) is 2. The van der Waals surface area contributed by atoms with E-state index in [1.54, 1.807) is 4.90 Å². The first-order valence-corrected chi connectivity index (χ1v) is 9.68. The summed E-state index contributed by atoms with van der Waals surface area (Å²) < 4.78 is 0. The van der Waals surface area contributed by atoms with E-state index in [1.165, 1.54) is 0 Å². The van der Waals surface area contributed by atoms with Gasteiger partial charge in [-0.1, -0.05) is 0 Å². The van der Waals surface area contributed by atoms with E-state index in [4.69, 9.17) is 0 Å². The zero-order valence-corrected chi connectivity index (χ0v) is 16.5. The van der Waals surface area contributed by atoms with Crippen LogP contribution in [0.5, 0.6) is 0 Å². The van der Waals surface area contributed by atoms with Gasteiger partial charge in [-0.2, -0.15) is 0 Å². The second-order valence-corrected chi connectivity index (χ2v) is 6.72. The summed E-state index contributed by atoms with van der Waals surface area (Å²) in [4.78, 5) is 39.6. The third-order valence-electron chi connectivity index (χ3n) is 4.85. The molecule has 0 aromatic heterocycles. The van der Waals surface area contributed by atoms with Crippen molar-refractivity contribution in [1.29, 1.82) is 0 Å². The summed E-state index contributed by atoms with van der Waals surface area (Å²) in [5.41, 5.74) is 2.64. The molecule has 1 aliphatic rings. The Balaban J connectivity index is 1.79. The zero-order valence-electron chi connectivity index (χ0n) is 16.5. The van der Waals surface area contributed by atoms with Crippen molar-refractivity contribution >= 4 is 29.1 Å². The van der Waals surface area contributed by atoms with Crippen LogP contribution >= 0.6 is 0 Å². The monoisotopic (exact) mass is 374 g/mol. The largest absolute Gasteiger partial charge is 0.372 e. The van der Waals surface area contributed by atoms with Crippen molar-refractivity contribution in [2.75, 3.05) is 42.9 Å². The van der Waals surface area contributed by atoms with Gasteiger partial charge in [-0.15, -0.1) is 0 Å². The van der Waals surface area contributed by atoms with Crippen LogP contribution in [0.15, 0.2) is 18.2 Å². The highest BCUT2D eigenvalue weighted by molar-refractivity contribution is 6.39. The maximum Gasteiger partial charge on any atom is 0.313 e. The van der Waals surface area contributed by atoms with E-state index >= 15 is 0 Å². The quantitative estimate of drug-likeness (QED) is 0.538. The van der Waals surface area contributed by atoms with Crippen LogP contribution in [0, 0.1) is 6.92 Å². The lowest BCUT2D eigenvalue weighted by molar-refractivity contribution is -0.136. The number of rotatable bonds is 8. The van der Waals surface area contributed by atoms with Crippen LogP contribution in [0.3, 0.4) is 0 Å². The molecular formula is C20H30N4O3. The van der Waals surface area contributed by atoms with E-state index in [2.05, 4.69) is 29.4 Å². The predicted octanol–water partition coefficient (Wildman–Crippen LogP) is 1.91. The molecule has 1 aromatic carbocycles. The van der Waals surface area contributed by atoms with Crippen molar-refractivity contribution in [3.05, 3.63) is 23.8 Å². The molecule has 7 nitrogen and oxygen atoms in total. The molecule has 0 atom stereocenters. The average molecular weight is 374 g/mol. The molecule has 7 heteroatoms. The summed E-state index contributed by atoms with van der Waals surface area (Å²) in [6.07, 6.45) is 2.16. The van der Waals surface area contributed by atoms with Crippen LogP contribution in [0.4, 0.5) is 11.4 Å². The summed E-state index contributed by atoms with van der Waals surface area (Å²) in [7, 11) is 0. The van der Waals surface area contributed by atoms with Gasteiger partial charge in [0.1, 0.15) is 0 Å². The summed E-state index contributed by atoms with van der Waals surface area (Å²) in [6.45, 7) is 9.70. The molecule has 0 spiro atoms. The maximum absolute atomic E-state index is 12.1. The minimum atomic E-state index is -0.675. The molecular weight excluding hydrogens is 344 g/mol. The van der Waals surface area contributed by atoms with Crippen LogP contribution in [0.2, 0.25) is 0 Å². The highest BCUT2D eigenvalue weighted by Crippen LogP contribution is 2.22. The van der Waals surface area contributed by atoms with Crippen LogP contribution < -0.4 is 15.5 Å². The van der Waals surface area contributed by atoms with E-state index in [1.807, 2.05) is 25.1 Å². The van der Waals surface area contributed by atoms with Gasteiger partial charge in [0.2, 0.25) is 5.91 Å². The van der Waals surface area contributed by atoms with Crippen LogP contribution in [0.25, 0.3) is 0 Å². The van der Waals surface area contributed by atoms with Gasteiger partial charge in [-0.3, -0.25) is 14.4 Å². The number of anilines is 2. The van der Waals surface area contributed by atoms with Gasteiger partial charge < -0.3 is 20.4 Å². The third kappa shape index (κ3) is 5.70. The van der Waals surface area contributed by atoms with Gasteiger partial charge in [-0.25, -0.2) is 0 Å². The lowest BCUT2D eigenvalue weighted by Crippen LogP contribution is -2.37. The number of likely N-dealkylation sites (tertiary alicyclic amines) is 1. The van der Waals surface area contributed by atoms with Crippen LogP contribution in [-0.4, -0.2) is 55.3 Å². The smallest absolute Gasteiger partial charge is 0.313 e. The summed E-state index contributed by atoms with van der Waals surface area (Å²) in [5.74, 6) is -1.16. The Bertz CT molecular complexity index is 686. The Hall–Kier alpha value is -2.57. The number of benzene rings is 1. The molecule has 1 aliphatic heterocycles. The predicted molar refractivity (Wildman–Crippen MR) is 107 cm³/mol. The second-order valence-electron chi connectivity index (χ2n) is 6.72. The lowest BCUT2D eigenvalue weighted by Gasteiger charge is -2.22. The minimum absolute atomic E-state index is 0.169. The van der Waals surface area contributed by atoms with Crippen molar-refractivity contribution < 1.29 is 14.4 Å². The SMILES string of the molecule is CCN(CC)c1ccc(NC(=O)C(=O)NCCCN2CCCC2=O)c(C)c1. The molecule has 0 aliphatic carbocycles. The van der Waals surface area contributed by atoms with Crippen molar-refractivity contribution in [3.8, 4) is 0 Å². The van der Waals surface area contributed by atoms with Crippen molar-refractivity contribution in [3.63, 3.8) is 0 Å². The van der Waals surface area contributed by atoms with Crippen molar-refractivity contribution in [2.24, 2.45) is 0 Å². The van der Waals surface area contributed by atoms with E-state index in [-0.39, 0.29) is 5.91 Å². The molecule has 1 heterocycles. The molecule has 148 valence electrons. The third-order valence-corrected chi connectivity index (χ3v) is 4.85. The molecule has 0 bridgehead atoms. The normalized spacial score (nSPS) is 13.6. The van der Waals surface area contributed by atoms with Gasteiger partial charge in [0, 0.05) is 50.5 Å². The minimum Gasteiger partial charge on any atom is -0.372 e. The fourth-order valence-electron chi connectivity index (χ4n) is 3.25. The number of amides is 3. The Morgan fingerprint density at radius 2 is 1.93 bits per heavy atom. The van der Waals surface area contributed by atoms with Gasteiger partial charge >= 0.3 is 11.8 Å². The molecule has 27 heavy (non-hydrogen) atoms. The van der Waals surface area contributed by atoms with Crippen molar-refractivity contribution in [1.82, 2.24) is 10.2 Å². The highest BCUT2D eigenvalue weighted by atomic mass is 16.2. The number of nitrogens with one attached hydrogen (secondary N) is 2. The van der Waals surface area contributed by atoms with Gasteiger partial charge in [-0.05, 0) is 57.4 Å². The van der Waals surface area contributed by atoms with E-state index in [0.29, 0.717) is 31.6 Å². The second kappa shape index (κ2) is 9.94. The van der Waals surface area contributed by atoms with Crippen LogP contribution in [0.1, 0.15) is 38.7 Å². The Kier molecular flexibility index (Phi) is 7.64. The molecule has 1 fully saturated rings. The molecule has 0 saturated carbocycles. The Morgan fingerprint density at radius 3 is 2.52 bits per heavy atom. The van der Waals surface area contributed by atoms with E-state index < -0.39 is 11.8 Å². The van der Waals surface area contributed by atoms with Crippen molar-refractivity contribution in [2.45, 2.75) is 40.0 Å². The molecule has 1 saturated heterocycles.